The summed E-state index contributed by atoms with van der Waals surface area (Å²) >= 11 is 0. The fourth-order valence-electron chi connectivity index (χ4n) is 2.77. The number of nitrogens with two attached hydrogens (primary N) is 1. The van der Waals surface area contributed by atoms with E-state index in [1.54, 1.807) is 12.3 Å². The molecule has 0 aliphatic carbocycles. The van der Waals surface area contributed by atoms with Gasteiger partial charge >= 0.3 is 5.97 Å². The molecule has 0 aliphatic rings. The summed E-state index contributed by atoms with van der Waals surface area (Å²) in [5.74, 6) is -0.419. The first-order valence-corrected chi connectivity index (χ1v) is 9.08. The van der Waals surface area contributed by atoms with Crippen molar-refractivity contribution in [1.29, 1.82) is 0 Å². The standard InChI is InChI=1S/C22H22N4O3/c1-15(27)29-14-21(28)26-19-8-3-7-18(12-19)17-6-2-5-16(11-17)13-25-20-9-4-10-24-22(20)23/h2-12,25H,13-14H2,1H3,(H2,23,24)(H,26,28). The van der Waals surface area contributed by atoms with E-state index in [-0.39, 0.29) is 12.5 Å². The van der Waals surface area contributed by atoms with Gasteiger partial charge in [-0.1, -0.05) is 30.3 Å². The van der Waals surface area contributed by atoms with Crippen LogP contribution in [0.4, 0.5) is 17.2 Å². The van der Waals surface area contributed by atoms with Crippen molar-refractivity contribution in [1.82, 2.24) is 4.98 Å². The molecule has 0 radical (unpaired) electrons. The highest BCUT2D eigenvalue weighted by Gasteiger charge is 2.07. The fourth-order valence-corrected chi connectivity index (χ4v) is 2.77. The summed E-state index contributed by atoms with van der Waals surface area (Å²) < 4.78 is 4.71. The maximum atomic E-state index is 11.9. The molecular formula is C22H22N4O3. The summed E-state index contributed by atoms with van der Waals surface area (Å²) in [4.78, 5) is 26.7. The number of hydrogen-bond donors (Lipinski definition) is 3. The van der Waals surface area contributed by atoms with E-state index in [1.165, 1.54) is 6.92 Å². The Morgan fingerprint density at radius 2 is 1.79 bits per heavy atom. The number of carbonyl (C=O) groups excluding carboxylic acids is 2. The van der Waals surface area contributed by atoms with Crippen LogP contribution in [0, 0.1) is 0 Å². The van der Waals surface area contributed by atoms with Crippen molar-refractivity contribution >= 4 is 29.1 Å². The van der Waals surface area contributed by atoms with Crippen LogP contribution in [0.5, 0.6) is 0 Å². The predicted molar refractivity (Wildman–Crippen MR) is 113 cm³/mol. The summed E-state index contributed by atoms with van der Waals surface area (Å²) in [5, 5.41) is 6.01. The van der Waals surface area contributed by atoms with Crippen molar-refractivity contribution in [3.8, 4) is 11.1 Å². The lowest BCUT2D eigenvalue weighted by atomic mass is 10.0. The van der Waals surface area contributed by atoms with Gasteiger partial charge in [0.05, 0.1) is 5.69 Å². The fraction of sp³-hybridized carbons (Fsp3) is 0.136. The zero-order valence-electron chi connectivity index (χ0n) is 16.0. The second-order valence-electron chi connectivity index (χ2n) is 6.40. The number of ether oxygens (including phenoxy) is 1. The highest BCUT2D eigenvalue weighted by Crippen LogP contribution is 2.24. The van der Waals surface area contributed by atoms with Crippen molar-refractivity contribution in [2.75, 3.05) is 23.0 Å². The molecule has 0 saturated heterocycles. The number of esters is 1. The van der Waals surface area contributed by atoms with E-state index < -0.39 is 5.97 Å². The monoisotopic (exact) mass is 390 g/mol. The summed E-state index contributed by atoms with van der Waals surface area (Å²) in [6, 6.07) is 19.3. The zero-order valence-corrected chi connectivity index (χ0v) is 16.0. The van der Waals surface area contributed by atoms with E-state index in [9.17, 15) is 9.59 Å². The van der Waals surface area contributed by atoms with Gasteiger partial charge in [-0.25, -0.2) is 4.98 Å². The van der Waals surface area contributed by atoms with E-state index in [0.29, 0.717) is 18.1 Å². The van der Waals surface area contributed by atoms with Crippen LogP contribution in [0.25, 0.3) is 11.1 Å². The summed E-state index contributed by atoms with van der Waals surface area (Å²) in [7, 11) is 0. The Morgan fingerprint density at radius 1 is 1.03 bits per heavy atom. The molecular weight excluding hydrogens is 368 g/mol. The van der Waals surface area contributed by atoms with Gasteiger partial charge in [-0.05, 0) is 47.0 Å². The highest BCUT2D eigenvalue weighted by atomic mass is 16.5. The van der Waals surface area contributed by atoms with Crippen molar-refractivity contribution in [2.24, 2.45) is 0 Å². The third-order valence-electron chi connectivity index (χ3n) is 4.13. The topological polar surface area (TPSA) is 106 Å². The van der Waals surface area contributed by atoms with Crippen molar-refractivity contribution in [2.45, 2.75) is 13.5 Å². The molecule has 0 atom stereocenters. The van der Waals surface area contributed by atoms with Crippen LogP contribution in [0.2, 0.25) is 0 Å². The molecule has 0 saturated carbocycles. The molecule has 0 spiro atoms. The summed E-state index contributed by atoms with van der Waals surface area (Å²) in [6.07, 6.45) is 1.65. The number of anilines is 3. The Morgan fingerprint density at radius 3 is 2.55 bits per heavy atom. The third-order valence-corrected chi connectivity index (χ3v) is 4.13. The Balaban J connectivity index is 1.69. The molecule has 7 heteroatoms. The molecule has 0 fully saturated rings. The lowest BCUT2D eigenvalue weighted by molar-refractivity contribution is -0.144. The van der Waals surface area contributed by atoms with Gasteiger partial charge in [-0.2, -0.15) is 0 Å². The minimum absolute atomic E-state index is 0.307. The minimum atomic E-state index is -0.493. The number of aromatic nitrogens is 1. The number of nitrogens with one attached hydrogen (secondary N) is 2. The number of hydrogen-bond acceptors (Lipinski definition) is 6. The van der Waals surface area contributed by atoms with Crippen LogP contribution in [-0.4, -0.2) is 23.5 Å². The molecule has 1 aromatic heterocycles. The normalized spacial score (nSPS) is 10.2. The van der Waals surface area contributed by atoms with Gasteiger partial charge in [0.15, 0.2) is 6.61 Å². The zero-order chi connectivity index (χ0) is 20.6. The lowest BCUT2D eigenvalue weighted by Crippen LogP contribution is -2.19. The molecule has 1 heterocycles. The Labute approximate surface area is 168 Å². The number of benzene rings is 2. The van der Waals surface area contributed by atoms with Gasteiger partial charge in [0, 0.05) is 25.4 Å². The lowest BCUT2D eigenvalue weighted by Gasteiger charge is -2.11. The Bertz CT molecular complexity index is 1020. The van der Waals surface area contributed by atoms with Crippen LogP contribution < -0.4 is 16.4 Å². The second kappa shape index (κ2) is 9.36. The van der Waals surface area contributed by atoms with Crippen molar-refractivity contribution in [3.63, 3.8) is 0 Å². The highest BCUT2D eigenvalue weighted by molar-refractivity contribution is 5.93. The molecule has 0 unspecified atom stereocenters. The average Bonchev–Trinajstić information content (AvgIpc) is 2.72. The first kappa shape index (κ1) is 19.9. The van der Waals surface area contributed by atoms with Crippen LogP contribution in [0.15, 0.2) is 66.9 Å². The molecule has 0 bridgehead atoms. The third kappa shape index (κ3) is 5.80. The van der Waals surface area contributed by atoms with Gasteiger partial charge < -0.3 is 21.1 Å². The first-order chi connectivity index (χ1) is 14.0. The number of carbonyl (C=O) groups is 2. The Kier molecular flexibility index (Phi) is 6.42. The molecule has 29 heavy (non-hydrogen) atoms. The second-order valence-corrected chi connectivity index (χ2v) is 6.40. The number of pyridine rings is 1. The SMILES string of the molecule is CC(=O)OCC(=O)Nc1cccc(-c2cccc(CNc3cccnc3N)c2)c1. The van der Waals surface area contributed by atoms with Crippen LogP contribution in [0.1, 0.15) is 12.5 Å². The molecule has 4 N–H and O–H groups in total. The van der Waals surface area contributed by atoms with Gasteiger partial charge in [-0.3, -0.25) is 9.59 Å². The number of nitrogen functional groups attached to an aromatic ring is 1. The maximum absolute atomic E-state index is 11.9. The summed E-state index contributed by atoms with van der Waals surface area (Å²) in [6.45, 7) is 1.55. The molecule has 7 nitrogen and oxygen atoms in total. The number of nitrogens with zero attached hydrogens (tertiary/aromatic N) is 1. The van der Waals surface area contributed by atoms with Crippen molar-refractivity contribution in [3.05, 3.63) is 72.4 Å². The molecule has 0 aliphatic heterocycles. The predicted octanol–water partition coefficient (Wildman–Crippen LogP) is 3.44. The molecule has 148 valence electrons. The number of rotatable bonds is 7. The van der Waals surface area contributed by atoms with E-state index >= 15 is 0 Å². The number of amides is 1. The van der Waals surface area contributed by atoms with Crippen molar-refractivity contribution < 1.29 is 14.3 Å². The largest absolute Gasteiger partial charge is 0.456 e. The molecule has 2 aromatic carbocycles. The van der Waals surface area contributed by atoms with Gasteiger partial charge in [0.2, 0.25) is 0 Å². The van der Waals surface area contributed by atoms with Gasteiger partial charge in [0.1, 0.15) is 5.82 Å². The molecule has 3 aromatic rings. The Hall–Kier alpha value is -3.87. The van der Waals surface area contributed by atoms with E-state index in [2.05, 4.69) is 21.7 Å². The summed E-state index contributed by atoms with van der Waals surface area (Å²) in [5.41, 5.74) is 10.3. The maximum Gasteiger partial charge on any atom is 0.303 e. The van der Waals surface area contributed by atoms with Gasteiger partial charge in [0.25, 0.3) is 5.91 Å². The minimum Gasteiger partial charge on any atom is -0.456 e. The molecule has 1 amide bonds. The van der Waals surface area contributed by atoms with Gasteiger partial charge in [-0.15, -0.1) is 0 Å². The van der Waals surface area contributed by atoms with E-state index in [1.807, 2.05) is 48.5 Å². The molecule has 3 rings (SSSR count). The quantitative estimate of drug-likeness (QED) is 0.534. The first-order valence-electron chi connectivity index (χ1n) is 9.08. The van der Waals surface area contributed by atoms with E-state index in [4.69, 9.17) is 10.5 Å². The van der Waals surface area contributed by atoms with E-state index in [0.717, 1.165) is 22.4 Å². The van der Waals surface area contributed by atoms with Crippen LogP contribution >= 0.6 is 0 Å². The average molecular weight is 390 g/mol. The van der Waals surface area contributed by atoms with Crippen LogP contribution in [-0.2, 0) is 20.9 Å². The van der Waals surface area contributed by atoms with Crippen LogP contribution in [0.3, 0.4) is 0 Å². The smallest absolute Gasteiger partial charge is 0.303 e.